The van der Waals surface area contributed by atoms with Crippen LogP contribution >= 0.6 is 12.4 Å². The van der Waals surface area contributed by atoms with Gasteiger partial charge >= 0.3 is 0 Å². The van der Waals surface area contributed by atoms with Gasteiger partial charge in [0.25, 0.3) is 0 Å². The van der Waals surface area contributed by atoms with Gasteiger partial charge in [0.1, 0.15) is 0 Å². The molecule has 1 fully saturated rings. The number of fused-ring (bicyclic) bond motifs is 1. The molecule has 6 heteroatoms. The van der Waals surface area contributed by atoms with Crippen LogP contribution in [0.4, 0.5) is 5.69 Å². The Morgan fingerprint density at radius 1 is 1.10 bits per heavy atom. The second-order valence-corrected chi connectivity index (χ2v) is 8.83. The smallest absolute Gasteiger partial charge is 0.0366 e. The van der Waals surface area contributed by atoms with E-state index in [0.717, 1.165) is 25.1 Å². The SMILES string of the molecule is C[C@@H](N[C@H]1CCN(c2ccc(CCS(=O)[O-])cc2)C1)c1cccc2ccccc12.Cl. The fraction of sp³-hybridized carbons (Fsp3) is 0.333. The molecule has 1 aliphatic heterocycles. The molecule has 1 unspecified atom stereocenters. The summed E-state index contributed by atoms with van der Waals surface area (Å²) in [5.41, 5.74) is 3.62. The van der Waals surface area contributed by atoms with Gasteiger partial charge in [0, 0.05) is 36.6 Å². The molecule has 0 bridgehead atoms. The van der Waals surface area contributed by atoms with Crippen LogP contribution in [-0.2, 0) is 17.5 Å². The van der Waals surface area contributed by atoms with E-state index in [9.17, 15) is 8.76 Å². The zero-order valence-electron chi connectivity index (χ0n) is 17.1. The van der Waals surface area contributed by atoms with E-state index in [-0.39, 0.29) is 18.2 Å². The molecule has 0 spiro atoms. The number of aryl methyl sites for hydroxylation is 1. The summed E-state index contributed by atoms with van der Waals surface area (Å²) in [4.78, 5) is 2.41. The summed E-state index contributed by atoms with van der Waals surface area (Å²) in [5.74, 6) is 0.182. The second kappa shape index (κ2) is 10.4. The molecule has 4 nitrogen and oxygen atoms in total. The predicted octanol–water partition coefficient (Wildman–Crippen LogP) is 4.61. The third kappa shape index (κ3) is 5.41. The van der Waals surface area contributed by atoms with Gasteiger partial charge in [-0.05, 0) is 53.8 Å². The topological polar surface area (TPSA) is 55.4 Å². The maximum Gasteiger partial charge on any atom is 0.0366 e. The molecule has 1 N–H and O–H groups in total. The van der Waals surface area contributed by atoms with Crippen molar-refractivity contribution in [3.63, 3.8) is 0 Å². The fourth-order valence-electron chi connectivity index (χ4n) is 4.28. The van der Waals surface area contributed by atoms with Gasteiger partial charge < -0.3 is 14.8 Å². The van der Waals surface area contributed by atoms with Crippen molar-refractivity contribution in [2.75, 3.05) is 23.7 Å². The number of nitrogens with one attached hydrogen (secondary N) is 1. The molecule has 30 heavy (non-hydrogen) atoms. The van der Waals surface area contributed by atoms with Crippen LogP contribution in [0, 0.1) is 0 Å². The quantitative estimate of drug-likeness (QED) is 0.541. The third-order valence-electron chi connectivity index (χ3n) is 5.82. The molecule has 1 aliphatic rings. The van der Waals surface area contributed by atoms with Crippen molar-refractivity contribution < 1.29 is 8.76 Å². The van der Waals surface area contributed by atoms with Gasteiger partial charge in [-0.2, -0.15) is 0 Å². The zero-order chi connectivity index (χ0) is 20.2. The first-order valence-electron chi connectivity index (χ1n) is 10.2. The Morgan fingerprint density at radius 2 is 1.83 bits per heavy atom. The number of benzene rings is 3. The normalized spacial score (nSPS) is 18.2. The predicted molar refractivity (Wildman–Crippen MR) is 127 cm³/mol. The van der Waals surface area contributed by atoms with Gasteiger partial charge in [-0.15, -0.1) is 12.4 Å². The summed E-state index contributed by atoms with van der Waals surface area (Å²) in [7, 11) is 0. The number of anilines is 1. The molecule has 3 aromatic rings. The zero-order valence-corrected chi connectivity index (χ0v) is 18.8. The van der Waals surface area contributed by atoms with E-state index in [0.29, 0.717) is 18.5 Å². The summed E-state index contributed by atoms with van der Waals surface area (Å²) in [5, 5.41) is 6.42. The molecule has 0 radical (unpaired) electrons. The second-order valence-electron chi connectivity index (χ2n) is 7.81. The Hall–Kier alpha value is -1.92. The lowest BCUT2D eigenvalue weighted by Crippen LogP contribution is -2.34. The summed E-state index contributed by atoms with van der Waals surface area (Å²) in [6.07, 6.45) is 1.69. The lowest BCUT2D eigenvalue weighted by Gasteiger charge is -2.23. The molecule has 0 aromatic heterocycles. The molecular formula is C24H28ClN2O2S-. The highest BCUT2D eigenvalue weighted by Crippen LogP contribution is 2.27. The highest BCUT2D eigenvalue weighted by atomic mass is 35.5. The van der Waals surface area contributed by atoms with E-state index in [1.165, 1.54) is 22.0 Å². The molecule has 0 amide bonds. The van der Waals surface area contributed by atoms with E-state index >= 15 is 0 Å². The Bertz CT molecular complexity index is 991. The van der Waals surface area contributed by atoms with Crippen LogP contribution in [0.25, 0.3) is 10.8 Å². The van der Waals surface area contributed by atoms with Crippen molar-refractivity contribution in [2.45, 2.75) is 31.8 Å². The maximum absolute atomic E-state index is 10.7. The minimum atomic E-state index is -1.98. The molecule has 3 atom stereocenters. The summed E-state index contributed by atoms with van der Waals surface area (Å²) >= 11 is -1.98. The number of halogens is 1. The van der Waals surface area contributed by atoms with Crippen LogP contribution in [0.15, 0.2) is 66.7 Å². The molecule has 4 rings (SSSR count). The van der Waals surface area contributed by atoms with Crippen molar-refractivity contribution >= 4 is 39.9 Å². The Morgan fingerprint density at radius 3 is 2.60 bits per heavy atom. The van der Waals surface area contributed by atoms with Crippen LogP contribution in [0.5, 0.6) is 0 Å². The van der Waals surface area contributed by atoms with Crippen LogP contribution in [0.3, 0.4) is 0 Å². The molecule has 1 saturated heterocycles. The van der Waals surface area contributed by atoms with Crippen molar-refractivity contribution in [3.05, 3.63) is 77.9 Å². The number of rotatable bonds is 7. The molecule has 1 heterocycles. The van der Waals surface area contributed by atoms with Crippen molar-refractivity contribution in [3.8, 4) is 0 Å². The van der Waals surface area contributed by atoms with Gasteiger partial charge in [-0.3, -0.25) is 4.21 Å². The van der Waals surface area contributed by atoms with E-state index in [2.05, 4.69) is 71.7 Å². The molecular weight excluding hydrogens is 416 g/mol. The maximum atomic E-state index is 10.7. The minimum Gasteiger partial charge on any atom is -0.772 e. The van der Waals surface area contributed by atoms with E-state index in [1.54, 1.807) is 0 Å². The monoisotopic (exact) mass is 443 g/mol. The highest BCUT2D eigenvalue weighted by molar-refractivity contribution is 7.79. The van der Waals surface area contributed by atoms with Crippen molar-refractivity contribution in [1.82, 2.24) is 5.32 Å². The first-order valence-corrected chi connectivity index (χ1v) is 11.5. The van der Waals surface area contributed by atoms with Gasteiger partial charge in [0.05, 0.1) is 0 Å². The van der Waals surface area contributed by atoms with Gasteiger partial charge in [0.15, 0.2) is 0 Å². The molecule has 3 aromatic carbocycles. The average molecular weight is 444 g/mol. The first kappa shape index (κ1) is 22.8. The van der Waals surface area contributed by atoms with Crippen LogP contribution in [-0.4, -0.2) is 33.6 Å². The van der Waals surface area contributed by atoms with Crippen LogP contribution in [0.1, 0.15) is 30.5 Å². The average Bonchev–Trinajstić information content (AvgIpc) is 3.20. The largest absolute Gasteiger partial charge is 0.772 e. The first-order chi connectivity index (χ1) is 14.1. The summed E-state index contributed by atoms with van der Waals surface area (Å²) in [6.45, 7) is 4.27. The van der Waals surface area contributed by atoms with Gasteiger partial charge in [-0.1, -0.05) is 65.7 Å². The van der Waals surface area contributed by atoms with E-state index < -0.39 is 11.1 Å². The summed E-state index contributed by atoms with van der Waals surface area (Å²) in [6, 6.07) is 24.1. The van der Waals surface area contributed by atoms with Crippen molar-refractivity contribution in [2.24, 2.45) is 0 Å². The Kier molecular flexibility index (Phi) is 7.89. The lowest BCUT2D eigenvalue weighted by atomic mass is 9.99. The Labute approximate surface area is 187 Å². The van der Waals surface area contributed by atoms with E-state index in [4.69, 9.17) is 0 Å². The van der Waals surface area contributed by atoms with Gasteiger partial charge in [-0.25, -0.2) is 0 Å². The Balaban J connectivity index is 0.00000256. The highest BCUT2D eigenvalue weighted by Gasteiger charge is 2.24. The third-order valence-corrected chi connectivity index (χ3v) is 6.36. The number of hydrogen-bond acceptors (Lipinski definition) is 4. The lowest BCUT2D eigenvalue weighted by molar-refractivity contribution is 0.483. The van der Waals surface area contributed by atoms with Gasteiger partial charge in [0.2, 0.25) is 0 Å². The minimum absolute atomic E-state index is 0. The molecule has 160 valence electrons. The standard InChI is InChI=1S/C24H28N2O2S.ClH/c1-18(23-8-4-6-20-5-2-3-7-24(20)23)25-21-13-15-26(17-21)22-11-9-19(10-12-22)14-16-29(27)28;/h2-12,18,21,25H,13-17H2,1H3,(H,27,28);1H/p-1/t18-,21+;/m1./s1. The fourth-order valence-corrected chi connectivity index (χ4v) is 4.68. The molecule has 0 aliphatic carbocycles. The molecule has 0 saturated carbocycles. The summed E-state index contributed by atoms with van der Waals surface area (Å²) < 4.78 is 21.5. The van der Waals surface area contributed by atoms with Crippen LogP contribution < -0.4 is 10.2 Å². The van der Waals surface area contributed by atoms with E-state index in [1.807, 2.05) is 12.1 Å². The number of nitrogens with zero attached hydrogens (tertiary/aromatic N) is 1. The van der Waals surface area contributed by atoms with Crippen LogP contribution in [0.2, 0.25) is 0 Å². The number of hydrogen-bond donors (Lipinski definition) is 1. The van der Waals surface area contributed by atoms with Crippen molar-refractivity contribution in [1.29, 1.82) is 0 Å².